The van der Waals surface area contributed by atoms with Gasteiger partial charge >= 0.3 is 0 Å². The zero-order valence-electron chi connectivity index (χ0n) is 12.6. The van der Waals surface area contributed by atoms with Crippen LogP contribution in [0.25, 0.3) is 6.08 Å². The van der Waals surface area contributed by atoms with Gasteiger partial charge in [-0.05, 0) is 42.7 Å². The smallest absolute Gasteiger partial charge is 0.244 e. The summed E-state index contributed by atoms with van der Waals surface area (Å²) in [6, 6.07) is 7.91. The molecule has 120 valence electrons. The van der Waals surface area contributed by atoms with Crippen LogP contribution in [-0.4, -0.2) is 30.5 Å². The van der Waals surface area contributed by atoms with E-state index in [1.54, 1.807) is 18.3 Å². The standard InChI is InChI=1S/C17H18ClN3OS/c18-14-1-3-15(4-2-14)21-9-7-13(12-21)11-20-16(22)5-6-17-19-8-10-23-17/h1-6,8,10,13H,7,9,11-12H2,(H,20,22)/b6-5-/t13-/m0/s1. The van der Waals surface area contributed by atoms with Gasteiger partial charge in [0.1, 0.15) is 5.01 Å². The van der Waals surface area contributed by atoms with Crippen LogP contribution in [0.1, 0.15) is 11.4 Å². The average Bonchev–Trinajstić information content (AvgIpc) is 3.23. The fourth-order valence-electron chi connectivity index (χ4n) is 2.65. The van der Waals surface area contributed by atoms with Crippen molar-refractivity contribution in [2.24, 2.45) is 5.92 Å². The SMILES string of the molecule is O=C(/C=C\c1nccs1)NC[C@@H]1CCN(c2ccc(Cl)cc2)C1. The topological polar surface area (TPSA) is 45.2 Å². The maximum absolute atomic E-state index is 11.8. The van der Waals surface area contributed by atoms with Crippen molar-refractivity contribution in [1.29, 1.82) is 0 Å². The van der Waals surface area contributed by atoms with Crippen molar-refractivity contribution in [3.8, 4) is 0 Å². The van der Waals surface area contributed by atoms with Crippen molar-refractivity contribution in [2.75, 3.05) is 24.5 Å². The molecular weight excluding hydrogens is 330 g/mol. The number of aromatic nitrogens is 1. The lowest BCUT2D eigenvalue weighted by atomic mass is 10.1. The van der Waals surface area contributed by atoms with Gasteiger partial charge in [0.25, 0.3) is 0 Å². The molecule has 1 aliphatic rings. The van der Waals surface area contributed by atoms with Crippen LogP contribution in [0.2, 0.25) is 5.02 Å². The number of carbonyl (C=O) groups is 1. The molecule has 2 aromatic rings. The van der Waals surface area contributed by atoms with Crippen LogP contribution in [0.5, 0.6) is 0 Å². The molecule has 2 heterocycles. The Kier molecular flexibility index (Phi) is 5.31. The number of rotatable bonds is 5. The highest BCUT2D eigenvalue weighted by atomic mass is 35.5. The molecule has 1 atom stereocenters. The van der Waals surface area contributed by atoms with E-state index in [-0.39, 0.29) is 5.91 Å². The molecule has 0 bridgehead atoms. The molecule has 3 rings (SSSR count). The summed E-state index contributed by atoms with van der Waals surface area (Å²) < 4.78 is 0. The van der Waals surface area contributed by atoms with E-state index in [9.17, 15) is 4.79 Å². The second-order valence-corrected chi connectivity index (χ2v) is 6.89. The molecule has 1 saturated heterocycles. The minimum Gasteiger partial charge on any atom is -0.371 e. The summed E-state index contributed by atoms with van der Waals surface area (Å²) in [4.78, 5) is 18.3. The fraction of sp³-hybridized carbons (Fsp3) is 0.294. The van der Waals surface area contributed by atoms with Crippen molar-refractivity contribution < 1.29 is 4.79 Å². The van der Waals surface area contributed by atoms with E-state index < -0.39 is 0 Å². The van der Waals surface area contributed by atoms with Crippen LogP contribution >= 0.6 is 22.9 Å². The fourth-order valence-corrected chi connectivity index (χ4v) is 3.31. The van der Waals surface area contributed by atoms with Crippen LogP contribution in [0.4, 0.5) is 5.69 Å². The number of hydrogen-bond acceptors (Lipinski definition) is 4. The van der Waals surface area contributed by atoms with Gasteiger partial charge < -0.3 is 10.2 Å². The molecule has 1 fully saturated rings. The van der Waals surface area contributed by atoms with Gasteiger partial charge in [-0.1, -0.05) is 11.6 Å². The number of halogens is 1. The minimum atomic E-state index is -0.0647. The molecule has 1 aromatic carbocycles. The Hall–Kier alpha value is -1.85. The van der Waals surface area contributed by atoms with Crippen molar-refractivity contribution in [1.82, 2.24) is 10.3 Å². The minimum absolute atomic E-state index is 0.0647. The third-order valence-corrected chi connectivity index (χ3v) is 4.86. The maximum Gasteiger partial charge on any atom is 0.244 e. The predicted molar refractivity (Wildman–Crippen MR) is 95.9 cm³/mol. The van der Waals surface area contributed by atoms with Gasteiger partial charge in [0.2, 0.25) is 5.91 Å². The third kappa shape index (κ3) is 4.56. The molecule has 0 radical (unpaired) electrons. The first-order chi connectivity index (χ1) is 11.2. The Morgan fingerprint density at radius 3 is 3.00 bits per heavy atom. The van der Waals surface area contributed by atoms with Gasteiger partial charge in [0, 0.05) is 48.0 Å². The quantitative estimate of drug-likeness (QED) is 0.842. The predicted octanol–water partition coefficient (Wildman–Crippen LogP) is 3.45. The molecular formula is C17H18ClN3OS. The Labute approximate surface area is 144 Å². The molecule has 0 saturated carbocycles. The average molecular weight is 348 g/mol. The molecule has 23 heavy (non-hydrogen) atoms. The summed E-state index contributed by atoms with van der Waals surface area (Å²) in [5.41, 5.74) is 1.19. The zero-order chi connectivity index (χ0) is 16.1. The van der Waals surface area contributed by atoms with E-state index in [1.165, 1.54) is 17.0 Å². The highest BCUT2D eigenvalue weighted by Crippen LogP contribution is 2.24. The summed E-state index contributed by atoms with van der Waals surface area (Å²) in [7, 11) is 0. The first-order valence-electron chi connectivity index (χ1n) is 7.56. The van der Waals surface area contributed by atoms with Gasteiger partial charge in [-0.3, -0.25) is 4.79 Å². The lowest BCUT2D eigenvalue weighted by Crippen LogP contribution is -2.29. The number of hydrogen-bond donors (Lipinski definition) is 1. The summed E-state index contributed by atoms with van der Waals surface area (Å²) in [6.45, 7) is 2.67. The molecule has 1 aliphatic heterocycles. The highest BCUT2D eigenvalue weighted by molar-refractivity contribution is 7.10. The molecule has 0 spiro atoms. The molecule has 0 aliphatic carbocycles. The summed E-state index contributed by atoms with van der Waals surface area (Å²) >= 11 is 7.44. The van der Waals surface area contributed by atoms with Crippen molar-refractivity contribution in [2.45, 2.75) is 6.42 Å². The van der Waals surface area contributed by atoms with Crippen molar-refractivity contribution >= 4 is 40.6 Å². The van der Waals surface area contributed by atoms with E-state index in [0.717, 1.165) is 29.5 Å². The van der Waals surface area contributed by atoms with E-state index in [4.69, 9.17) is 11.6 Å². The largest absolute Gasteiger partial charge is 0.371 e. The van der Waals surface area contributed by atoms with E-state index in [2.05, 4.69) is 15.2 Å². The van der Waals surface area contributed by atoms with Crippen LogP contribution < -0.4 is 10.2 Å². The maximum atomic E-state index is 11.8. The Morgan fingerprint density at radius 2 is 2.26 bits per heavy atom. The Balaban J connectivity index is 1.45. The molecule has 0 unspecified atom stereocenters. The van der Waals surface area contributed by atoms with Crippen molar-refractivity contribution in [3.05, 3.63) is 51.9 Å². The molecule has 6 heteroatoms. The van der Waals surface area contributed by atoms with Gasteiger partial charge in [-0.25, -0.2) is 4.98 Å². The van der Waals surface area contributed by atoms with Crippen LogP contribution in [0.15, 0.2) is 41.9 Å². The van der Waals surface area contributed by atoms with Gasteiger partial charge in [-0.2, -0.15) is 0 Å². The number of thiazole rings is 1. The van der Waals surface area contributed by atoms with Gasteiger partial charge in [-0.15, -0.1) is 11.3 Å². The summed E-state index contributed by atoms with van der Waals surface area (Å²) in [6.07, 6.45) is 6.10. The Morgan fingerprint density at radius 1 is 1.43 bits per heavy atom. The number of nitrogens with zero attached hydrogens (tertiary/aromatic N) is 2. The second kappa shape index (κ2) is 7.62. The number of anilines is 1. The van der Waals surface area contributed by atoms with Gasteiger partial charge in [0.15, 0.2) is 0 Å². The van der Waals surface area contributed by atoms with Crippen LogP contribution in [0, 0.1) is 5.92 Å². The number of nitrogens with one attached hydrogen (secondary N) is 1. The monoisotopic (exact) mass is 347 g/mol. The Bertz CT molecular complexity index is 670. The number of carbonyl (C=O) groups excluding carboxylic acids is 1. The zero-order valence-corrected chi connectivity index (χ0v) is 14.2. The lowest BCUT2D eigenvalue weighted by molar-refractivity contribution is -0.116. The second-order valence-electron chi connectivity index (χ2n) is 5.53. The highest BCUT2D eigenvalue weighted by Gasteiger charge is 2.22. The van der Waals surface area contributed by atoms with Crippen molar-refractivity contribution in [3.63, 3.8) is 0 Å². The van der Waals surface area contributed by atoms with Gasteiger partial charge in [0.05, 0.1) is 0 Å². The number of amides is 1. The summed E-state index contributed by atoms with van der Waals surface area (Å²) in [5, 5.41) is 6.46. The van der Waals surface area contributed by atoms with Crippen LogP contribution in [-0.2, 0) is 4.79 Å². The normalized spacial score (nSPS) is 17.8. The number of benzene rings is 1. The molecule has 1 aromatic heterocycles. The molecule has 1 N–H and O–H groups in total. The van der Waals surface area contributed by atoms with E-state index in [0.29, 0.717) is 12.5 Å². The van der Waals surface area contributed by atoms with E-state index >= 15 is 0 Å². The summed E-state index contributed by atoms with van der Waals surface area (Å²) in [5.74, 6) is 0.410. The van der Waals surface area contributed by atoms with E-state index in [1.807, 2.05) is 29.6 Å². The molecule has 4 nitrogen and oxygen atoms in total. The first kappa shape index (κ1) is 16.0. The lowest BCUT2D eigenvalue weighted by Gasteiger charge is -2.18. The first-order valence-corrected chi connectivity index (χ1v) is 8.82. The third-order valence-electron chi connectivity index (χ3n) is 3.87. The molecule has 1 amide bonds. The van der Waals surface area contributed by atoms with Crippen LogP contribution in [0.3, 0.4) is 0 Å².